The van der Waals surface area contributed by atoms with Crippen LogP contribution < -0.4 is 16.6 Å². The highest BCUT2D eigenvalue weighted by atomic mass is 32.2. The molecule has 1 aliphatic rings. The van der Waals surface area contributed by atoms with Crippen LogP contribution >= 0.6 is 0 Å². The predicted octanol–water partition coefficient (Wildman–Crippen LogP) is -0.169. The summed E-state index contributed by atoms with van der Waals surface area (Å²) in [6.07, 6.45) is 1.23. The van der Waals surface area contributed by atoms with E-state index in [2.05, 4.69) is 10.9 Å². The van der Waals surface area contributed by atoms with Crippen molar-refractivity contribution >= 4 is 15.5 Å². The zero-order valence-electron chi connectivity index (χ0n) is 8.97. The molecule has 0 spiro atoms. The molecular formula is C10H15N3O2S. The van der Waals surface area contributed by atoms with E-state index in [4.69, 9.17) is 5.73 Å². The highest BCUT2D eigenvalue weighted by Gasteiger charge is 2.35. The van der Waals surface area contributed by atoms with Crippen LogP contribution in [0.1, 0.15) is 11.5 Å². The van der Waals surface area contributed by atoms with Crippen molar-refractivity contribution in [3.8, 4) is 0 Å². The van der Waals surface area contributed by atoms with Crippen molar-refractivity contribution in [3.05, 3.63) is 29.8 Å². The Morgan fingerprint density at radius 1 is 1.44 bits per heavy atom. The number of hydrazine groups is 1. The molecule has 2 unspecified atom stereocenters. The van der Waals surface area contributed by atoms with Crippen LogP contribution in [0.2, 0.25) is 0 Å². The van der Waals surface area contributed by atoms with E-state index in [1.54, 1.807) is 6.07 Å². The third-order valence-corrected chi connectivity index (χ3v) is 4.10. The van der Waals surface area contributed by atoms with Crippen molar-refractivity contribution in [2.45, 2.75) is 11.3 Å². The third-order valence-electron chi connectivity index (χ3n) is 2.73. The molecule has 1 saturated heterocycles. The Morgan fingerprint density at radius 3 is 2.81 bits per heavy atom. The molecule has 0 radical (unpaired) electrons. The third kappa shape index (κ3) is 2.18. The van der Waals surface area contributed by atoms with Crippen LogP contribution in [0.15, 0.2) is 24.3 Å². The molecule has 1 aromatic carbocycles. The lowest BCUT2D eigenvalue weighted by Crippen LogP contribution is -2.37. The second kappa shape index (κ2) is 4.04. The van der Waals surface area contributed by atoms with Crippen LogP contribution in [0, 0.1) is 0 Å². The van der Waals surface area contributed by atoms with Crippen LogP contribution in [0.3, 0.4) is 0 Å². The summed E-state index contributed by atoms with van der Waals surface area (Å²) in [5, 5.41) is -0.589. The molecule has 16 heavy (non-hydrogen) atoms. The maximum atomic E-state index is 11.6. The summed E-state index contributed by atoms with van der Waals surface area (Å²) in [6.45, 7) is 0.585. The van der Waals surface area contributed by atoms with E-state index >= 15 is 0 Å². The van der Waals surface area contributed by atoms with Crippen LogP contribution in [0.4, 0.5) is 5.69 Å². The van der Waals surface area contributed by atoms with Crippen LogP contribution in [0.5, 0.6) is 0 Å². The number of hydrogen-bond acceptors (Lipinski definition) is 5. The zero-order valence-corrected chi connectivity index (χ0v) is 9.79. The highest BCUT2D eigenvalue weighted by Crippen LogP contribution is 2.26. The monoisotopic (exact) mass is 241 g/mol. The maximum Gasteiger partial charge on any atom is 0.165 e. The van der Waals surface area contributed by atoms with Gasteiger partial charge in [-0.1, -0.05) is 12.1 Å². The molecule has 88 valence electrons. The number of rotatable bonds is 2. The Morgan fingerprint density at radius 2 is 2.19 bits per heavy atom. The van der Waals surface area contributed by atoms with E-state index in [1.807, 2.05) is 18.2 Å². The molecule has 2 atom stereocenters. The molecule has 4 N–H and O–H groups in total. The van der Waals surface area contributed by atoms with Crippen molar-refractivity contribution in [2.75, 3.05) is 18.5 Å². The standard InChI is InChI=1S/C10H15N3O2S/c1-16(14,15)10-9(6-12-13-10)7-3-2-4-8(11)5-7/h2-5,9-10,12-13H,6,11H2,1H3. The van der Waals surface area contributed by atoms with E-state index in [-0.39, 0.29) is 5.92 Å². The average molecular weight is 241 g/mol. The summed E-state index contributed by atoms with van der Waals surface area (Å²) >= 11 is 0. The lowest BCUT2D eigenvalue weighted by Gasteiger charge is -2.17. The normalized spacial score (nSPS) is 25.8. The van der Waals surface area contributed by atoms with E-state index in [0.29, 0.717) is 12.2 Å². The summed E-state index contributed by atoms with van der Waals surface area (Å²) in [5.41, 5.74) is 12.9. The predicted molar refractivity (Wildman–Crippen MR) is 63.4 cm³/mol. The van der Waals surface area contributed by atoms with E-state index in [0.717, 1.165) is 5.56 Å². The molecule has 6 heteroatoms. The maximum absolute atomic E-state index is 11.6. The van der Waals surface area contributed by atoms with Gasteiger partial charge in [0.15, 0.2) is 9.84 Å². The van der Waals surface area contributed by atoms with Crippen LogP contribution in [0.25, 0.3) is 0 Å². The van der Waals surface area contributed by atoms with Gasteiger partial charge in [-0.2, -0.15) is 0 Å². The number of nitrogen functional groups attached to an aromatic ring is 1. The Kier molecular flexibility index (Phi) is 2.88. The minimum atomic E-state index is -3.13. The van der Waals surface area contributed by atoms with Gasteiger partial charge in [-0.05, 0) is 17.7 Å². The van der Waals surface area contributed by atoms with Crippen molar-refractivity contribution in [1.29, 1.82) is 0 Å². The summed E-state index contributed by atoms with van der Waals surface area (Å²) < 4.78 is 23.1. The van der Waals surface area contributed by atoms with Gasteiger partial charge in [0.05, 0.1) is 0 Å². The molecule has 0 saturated carbocycles. The summed E-state index contributed by atoms with van der Waals surface area (Å²) in [4.78, 5) is 0. The topological polar surface area (TPSA) is 84.2 Å². The largest absolute Gasteiger partial charge is 0.399 e. The van der Waals surface area contributed by atoms with Gasteiger partial charge in [-0.3, -0.25) is 5.43 Å². The molecule has 1 heterocycles. The molecular weight excluding hydrogens is 226 g/mol. The van der Waals surface area contributed by atoms with Crippen LogP contribution in [-0.2, 0) is 9.84 Å². The SMILES string of the molecule is CS(=O)(=O)C1NNCC1c1cccc(N)c1. The Bertz CT molecular complexity index is 487. The van der Waals surface area contributed by atoms with E-state index in [1.165, 1.54) is 6.26 Å². The van der Waals surface area contributed by atoms with Gasteiger partial charge in [0.1, 0.15) is 5.37 Å². The molecule has 0 aromatic heterocycles. The fourth-order valence-corrected chi connectivity index (χ4v) is 3.11. The van der Waals surface area contributed by atoms with Gasteiger partial charge in [-0.15, -0.1) is 0 Å². The number of hydrogen-bond donors (Lipinski definition) is 3. The first-order chi connectivity index (χ1) is 7.48. The minimum absolute atomic E-state index is 0.0986. The molecule has 1 aromatic rings. The molecule has 5 nitrogen and oxygen atoms in total. The summed E-state index contributed by atoms with van der Waals surface area (Å²) in [5.74, 6) is -0.0986. The Labute approximate surface area is 94.9 Å². The fraction of sp³-hybridized carbons (Fsp3) is 0.400. The van der Waals surface area contributed by atoms with Gasteiger partial charge in [0.2, 0.25) is 0 Å². The van der Waals surface area contributed by atoms with Crippen molar-refractivity contribution in [2.24, 2.45) is 0 Å². The number of nitrogens with one attached hydrogen (secondary N) is 2. The van der Waals surface area contributed by atoms with Gasteiger partial charge in [0.25, 0.3) is 0 Å². The second-order valence-electron chi connectivity index (χ2n) is 4.05. The van der Waals surface area contributed by atoms with E-state index in [9.17, 15) is 8.42 Å². The number of anilines is 1. The highest BCUT2D eigenvalue weighted by molar-refractivity contribution is 7.91. The van der Waals surface area contributed by atoms with Gasteiger partial charge >= 0.3 is 0 Å². The molecule has 0 bridgehead atoms. The first-order valence-electron chi connectivity index (χ1n) is 5.01. The van der Waals surface area contributed by atoms with E-state index < -0.39 is 15.2 Å². The zero-order chi connectivity index (χ0) is 11.8. The Balaban J connectivity index is 2.34. The van der Waals surface area contributed by atoms with Crippen LogP contribution in [-0.4, -0.2) is 26.6 Å². The lowest BCUT2D eigenvalue weighted by molar-refractivity contribution is 0.558. The summed E-state index contributed by atoms with van der Waals surface area (Å²) in [7, 11) is -3.13. The van der Waals surface area contributed by atoms with Gasteiger partial charge in [0, 0.05) is 24.4 Å². The van der Waals surface area contributed by atoms with Crippen molar-refractivity contribution in [1.82, 2.24) is 10.9 Å². The van der Waals surface area contributed by atoms with Gasteiger partial charge < -0.3 is 5.73 Å². The molecule has 1 fully saturated rings. The molecule has 2 rings (SSSR count). The van der Waals surface area contributed by atoms with Gasteiger partial charge in [-0.25, -0.2) is 13.8 Å². The number of nitrogens with two attached hydrogens (primary N) is 1. The summed E-state index contributed by atoms with van der Waals surface area (Å²) in [6, 6.07) is 7.34. The Hall–Kier alpha value is -1.11. The molecule has 0 amide bonds. The smallest absolute Gasteiger partial charge is 0.165 e. The lowest BCUT2D eigenvalue weighted by atomic mass is 10.00. The molecule has 0 aliphatic carbocycles. The number of sulfone groups is 1. The second-order valence-corrected chi connectivity index (χ2v) is 6.22. The average Bonchev–Trinajstić information content (AvgIpc) is 2.65. The quantitative estimate of drug-likeness (QED) is 0.626. The fourth-order valence-electron chi connectivity index (χ4n) is 1.96. The van der Waals surface area contributed by atoms with Crippen molar-refractivity contribution in [3.63, 3.8) is 0 Å². The molecule has 1 aliphatic heterocycles. The first-order valence-corrected chi connectivity index (χ1v) is 6.96. The van der Waals surface area contributed by atoms with Crippen molar-refractivity contribution < 1.29 is 8.42 Å². The first kappa shape index (κ1) is 11.4. The minimum Gasteiger partial charge on any atom is -0.399 e. The number of benzene rings is 1.